The Bertz CT molecular complexity index is 1270. The van der Waals surface area contributed by atoms with Crippen molar-refractivity contribution in [2.45, 2.75) is 13.5 Å². The third-order valence-corrected chi connectivity index (χ3v) is 6.10. The van der Waals surface area contributed by atoms with E-state index in [1.165, 1.54) is 34.4 Å². The SMILES string of the molecule is Cc1ccc(COc2ccccc2C=C2SC(=Nc3cccc(C(=O)O)c3)N(C)C2=O)cc1. The number of nitrogens with zero attached hydrogens (tertiary/aromatic N) is 2. The molecule has 0 bridgehead atoms. The van der Waals surface area contributed by atoms with Gasteiger partial charge in [-0.15, -0.1) is 0 Å². The van der Waals surface area contributed by atoms with Crippen LogP contribution in [0.3, 0.4) is 0 Å². The molecule has 1 saturated heterocycles. The molecule has 1 amide bonds. The van der Waals surface area contributed by atoms with Gasteiger partial charge in [-0.1, -0.05) is 54.1 Å². The number of likely N-dealkylation sites (N-methyl/N-ethyl adjacent to an activating group) is 1. The van der Waals surface area contributed by atoms with Gasteiger partial charge in [-0.2, -0.15) is 0 Å². The standard InChI is InChI=1S/C26H22N2O4S/c1-17-10-12-18(13-11-17)16-32-22-9-4-3-6-19(22)15-23-24(29)28(2)26(33-23)27-21-8-5-7-20(14-21)25(30)31/h3-15H,16H2,1-2H3,(H,30,31). The number of carboxylic acid groups (broad SMARTS) is 1. The Kier molecular flexibility index (Phi) is 6.60. The van der Waals surface area contributed by atoms with Crippen LogP contribution < -0.4 is 4.74 Å². The van der Waals surface area contributed by atoms with Crippen molar-refractivity contribution in [1.29, 1.82) is 0 Å². The minimum atomic E-state index is -1.02. The van der Waals surface area contributed by atoms with Crippen LogP contribution in [0.15, 0.2) is 82.7 Å². The molecule has 33 heavy (non-hydrogen) atoms. The van der Waals surface area contributed by atoms with Gasteiger partial charge in [0.05, 0.1) is 16.2 Å². The quantitative estimate of drug-likeness (QED) is 0.493. The fourth-order valence-electron chi connectivity index (χ4n) is 3.19. The van der Waals surface area contributed by atoms with Crippen LogP contribution in [0.4, 0.5) is 5.69 Å². The average Bonchev–Trinajstić information content (AvgIpc) is 3.07. The van der Waals surface area contributed by atoms with E-state index in [1.807, 2.05) is 55.5 Å². The van der Waals surface area contributed by atoms with Crippen molar-refractivity contribution in [3.63, 3.8) is 0 Å². The van der Waals surface area contributed by atoms with E-state index in [4.69, 9.17) is 4.74 Å². The number of para-hydroxylation sites is 1. The van der Waals surface area contributed by atoms with Gasteiger partial charge in [0.1, 0.15) is 12.4 Å². The van der Waals surface area contributed by atoms with E-state index in [-0.39, 0.29) is 11.5 Å². The summed E-state index contributed by atoms with van der Waals surface area (Å²) in [7, 11) is 1.65. The number of hydrogen-bond donors (Lipinski definition) is 1. The molecule has 0 saturated carbocycles. The van der Waals surface area contributed by atoms with Gasteiger partial charge in [-0.3, -0.25) is 9.69 Å². The summed E-state index contributed by atoms with van der Waals surface area (Å²) in [4.78, 5) is 30.5. The molecule has 3 aromatic rings. The molecule has 1 fully saturated rings. The number of aliphatic imine (C=N–C) groups is 1. The molecule has 3 aromatic carbocycles. The predicted octanol–water partition coefficient (Wildman–Crippen LogP) is 5.51. The summed E-state index contributed by atoms with van der Waals surface area (Å²) in [5, 5.41) is 9.66. The van der Waals surface area contributed by atoms with E-state index >= 15 is 0 Å². The van der Waals surface area contributed by atoms with E-state index in [9.17, 15) is 14.7 Å². The summed E-state index contributed by atoms with van der Waals surface area (Å²) in [5.74, 6) is -0.522. The van der Waals surface area contributed by atoms with E-state index < -0.39 is 5.97 Å². The second kappa shape index (κ2) is 9.75. The van der Waals surface area contributed by atoms with Gasteiger partial charge in [-0.05, 0) is 54.6 Å². The third-order valence-electron chi connectivity index (χ3n) is 5.04. The van der Waals surface area contributed by atoms with Crippen LogP contribution in [0.2, 0.25) is 0 Å². The van der Waals surface area contributed by atoms with Crippen molar-refractivity contribution < 1.29 is 19.4 Å². The second-order valence-corrected chi connectivity index (χ2v) is 8.55. The van der Waals surface area contributed by atoms with Gasteiger partial charge in [0, 0.05) is 12.6 Å². The molecular weight excluding hydrogens is 436 g/mol. The number of amides is 1. The van der Waals surface area contributed by atoms with Gasteiger partial charge in [-0.25, -0.2) is 9.79 Å². The number of carbonyl (C=O) groups is 2. The lowest BCUT2D eigenvalue weighted by Crippen LogP contribution is -2.23. The first-order valence-corrected chi connectivity index (χ1v) is 11.1. The smallest absolute Gasteiger partial charge is 0.335 e. The van der Waals surface area contributed by atoms with Crippen LogP contribution in [-0.2, 0) is 11.4 Å². The summed E-state index contributed by atoms with van der Waals surface area (Å²) >= 11 is 1.24. The molecule has 4 rings (SSSR count). The molecule has 1 aliphatic rings. The first-order chi connectivity index (χ1) is 15.9. The topological polar surface area (TPSA) is 79.2 Å². The highest BCUT2D eigenvalue weighted by Crippen LogP contribution is 2.35. The number of ether oxygens (including phenoxy) is 1. The van der Waals surface area contributed by atoms with Crippen molar-refractivity contribution in [3.05, 3.63) is 100.0 Å². The first kappa shape index (κ1) is 22.4. The van der Waals surface area contributed by atoms with Crippen molar-refractivity contribution >= 4 is 40.6 Å². The molecule has 7 heteroatoms. The number of amidine groups is 1. The summed E-state index contributed by atoms with van der Waals surface area (Å²) in [5.41, 5.74) is 3.66. The molecule has 0 atom stereocenters. The molecule has 1 aliphatic heterocycles. The molecule has 0 spiro atoms. The van der Waals surface area contributed by atoms with Crippen LogP contribution >= 0.6 is 11.8 Å². The highest BCUT2D eigenvalue weighted by Gasteiger charge is 2.30. The van der Waals surface area contributed by atoms with Crippen molar-refractivity contribution in [3.8, 4) is 5.75 Å². The zero-order valence-electron chi connectivity index (χ0n) is 18.2. The maximum atomic E-state index is 12.8. The van der Waals surface area contributed by atoms with Gasteiger partial charge in [0.2, 0.25) is 0 Å². The summed E-state index contributed by atoms with van der Waals surface area (Å²) < 4.78 is 6.03. The van der Waals surface area contributed by atoms with E-state index in [0.717, 1.165) is 11.1 Å². The maximum absolute atomic E-state index is 12.8. The second-order valence-electron chi connectivity index (χ2n) is 7.54. The van der Waals surface area contributed by atoms with Crippen LogP contribution in [0.25, 0.3) is 6.08 Å². The van der Waals surface area contributed by atoms with Crippen molar-refractivity contribution in [2.75, 3.05) is 7.05 Å². The fraction of sp³-hybridized carbons (Fsp3) is 0.115. The van der Waals surface area contributed by atoms with Gasteiger partial charge >= 0.3 is 5.97 Å². The first-order valence-electron chi connectivity index (χ1n) is 10.3. The lowest BCUT2D eigenvalue weighted by atomic mass is 10.1. The van der Waals surface area contributed by atoms with Gasteiger partial charge in [0.15, 0.2) is 5.17 Å². The van der Waals surface area contributed by atoms with Crippen molar-refractivity contribution in [1.82, 2.24) is 4.90 Å². The van der Waals surface area contributed by atoms with Crippen molar-refractivity contribution in [2.24, 2.45) is 4.99 Å². The normalized spacial score (nSPS) is 15.9. The molecule has 6 nitrogen and oxygen atoms in total. The number of carboxylic acids is 1. The highest BCUT2D eigenvalue weighted by molar-refractivity contribution is 8.18. The summed E-state index contributed by atoms with van der Waals surface area (Å²) in [6.45, 7) is 2.47. The van der Waals surface area contributed by atoms with Crippen LogP contribution in [-0.4, -0.2) is 34.1 Å². The number of carbonyl (C=O) groups excluding carboxylic acids is 1. The van der Waals surface area contributed by atoms with Crippen LogP contribution in [0.5, 0.6) is 5.75 Å². The van der Waals surface area contributed by atoms with E-state index in [0.29, 0.717) is 28.1 Å². The zero-order valence-corrected chi connectivity index (χ0v) is 19.0. The molecule has 0 radical (unpaired) electrons. The average molecular weight is 459 g/mol. The Morgan fingerprint density at radius 1 is 1.09 bits per heavy atom. The minimum Gasteiger partial charge on any atom is -0.488 e. The summed E-state index contributed by atoms with van der Waals surface area (Å²) in [6, 6.07) is 22.0. The molecular formula is C26H22N2O4S. The number of thioether (sulfide) groups is 1. The lowest BCUT2D eigenvalue weighted by molar-refractivity contribution is -0.121. The molecule has 0 aliphatic carbocycles. The Balaban J connectivity index is 1.56. The molecule has 1 N–H and O–H groups in total. The Morgan fingerprint density at radius 3 is 2.61 bits per heavy atom. The van der Waals surface area contributed by atoms with E-state index in [1.54, 1.807) is 25.3 Å². The van der Waals surface area contributed by atoms with Crippen LogP contribution in [0.1, 0.15) is 27.0 Å². The monoisotopic (exact) mass is 458 g/mol. The van der Waals surface area contributed by atoms with E-state index in [2.05, 4.69) is 4.99 Å². The lowest BCUT2D eigenvalue weighted by Gasteiger charge is -2.10. The fourth-order valence-corrected chi connectivity index (χ4v) is 4.17. The Hall–Kier alpha value is -3.84. The van der Waals surface area contributed by atoms with Gasteiger partial charge < -0.3 is 9.84 Å². The largest absolute Gasteiger partial charge is 0.488 e. The molecule has 1 heterocycles. The zero-order chi connectivity index (χ0) is 23.4. The molecule has 166 valence electrons. The molecule has 0 aromatic heterocycles. The number of aryl methyl sites for hydroxylation is 1. The number of aromatic carboxylic acids is 1. The summed E-state index contributed by atoms with van der Waals surface area (Å²) in [6.07, 6.45) is 1.80. The maximum Gasteiger partial charge on any atom is 0.335 e. The Morgan fingerprint density at radius 2 is 1.85 bits per heavy atom. The highest BCUT2D eigenvalue weighted by atomic mass is 32.2. The van der Waals surface area contributed by atoms with Crippen LogP contribution in [0, 0.1) is 6.92 Å². The van der Waals surface area contributed by atoms with Gasteiger partial charge in [0.25, 0.3) is 5.91 Å². The number of hydrogen-bond acceptors (Lipinski definition) is 5. The predicted molar refractivity (Wildman–Crippen MR) is 131 cm³/mol. The molecule has 0 unspecified atom stereocenters. The number of benzene rings is 3. The third kappa shape index (κ3) is 5.32. The number of rotatable bonds is 6. The minimum absolute atomic E-state index is 0.143. The Labute approximate surface area is 196 Å².